The van der Waals surface area contributed by atoms with E-state index in [4.69, 9.17) is 0 Å². The lowest BCUT2D eigenvalue weighted by Gasteiger charge is -2.25. The van der Waals surface area contributed by atoms with E-state index in [-0.39, 0.29) is 17.1 Å². The third-order valence-electron chi connectivity index (χ3n) is 6.84. The maximum absolute atomic E-state index is 13.1. The third kappa shape index (κ3) is 4.86. The van der Waals surface area contributed by atoms with Crippen molar-refractivity contribution >= 4 is 34.7 Å². The Labute approximate surface area is 228 Å². The van der Waals surface area contributed by atoms with E-state index in [0.717, 1.165) is 33.8 Å². The van der Waals surface area contributed by atoms with E-state index in [2.05, 4.69) is 41.3 Å². The minimum Gasteiger partial charge on any atom is -0.311 e. The summed E-state index contributed by atoms with van der Waals surface area (Å²) in [4.78, 5) is 28.3. The van der Waals surface area contributed by atoms with Crippen LogP contribution in [0.25, 0.3) is 17.2 Å². The van der Waals surface area contributed by atoms with Gasteiger partial charge in [-0.2, -0.15) is 0 Å². The number of nitrogens with zero attached hydrogens (tertiary/aromatic N) is 1. The Morgan fingerprint density at radius 2 is 1.03 bits per heavy atom. The zero-order valence-corrected chi connectivity index (χ0v) is 21.2. The molecule has 0 aliphatic heterocycles. The van der Waals surface area contributed by atoms with E-state index in [0.29, 0.717) is 11.1 Å². The summed E-state index contributed by atoms with van der Waals surface area (Å²) in [6.45, 7) is 0. The van der Waals surface area contributed by atoms with Crippen molar-refractivity contribution in [3.05, 3.63) is 168 Å². The zero-order chi connectivity index (χ0) is 26.6. The van der Waals surface area contributed by atoms with E-state index in [1.54, 1.807) is 18.2 Å². The molecule has 1 aliphatic carbocycles. The Hall–Kier alpha value is -5.28. The maximum Gasteiger partial charge on any atom is 0.197 e. The molecule has 0 atom stereocenters. The predicted molar refractivity (Wildman–Crippen MR) is 159 cm³/mol. The topological polar surface area (TPSA) is 37.4 Å². The van der Waals surface area contributed by atoms with Crippen molar-refractivity contribution < 1.29 is 9.59 Å². The second kappa shape index (κ2) is 10.6. The van der Waals surface area contributed by atoms with Crippen molar-refractivity contribution in [1.82, 2.24) is 0 Å². The number of fused-ring (bicyclic) bond motifs is 1. The van der Waals surface area contributed by atoms with Gasteiger partial charge in [-0.3, -0.25) is 9.59 Å². The fourth-order valence-electron chi connectivity index (χ4n) is 4.88. The van der Waals surface area contributed by atoms with Gasteiger partial charge >= 0.3 is 0 Å². The van der Waals surface area contributed by atoms with Crippen LogP contribution in [0.4, 0.5) is 17.1 Å². The van der Waals surface area contributed by atoms with Crippen molar-refractivity contribution in [3.8, 4) is 11.1 Å². The van der Waals surface area contributed by atoms with Gasteiger partial charge < -0.3 is 4.90 Å². The first-order chi connectivity index (χ1) is 19.2. The van der Waals surface area contributed by atoms with Gasteiger partial charge in [0.25, 0.3) is 0 Å². The first kappa shape index (κ1) is 24.1. The lowest BCUT2D eigenvalue weighted by molar-refractivity contribution is 0.0989. The summed E-state index contributed by atoms with van der Waals surface area (Å²) < 4.78 is 0. The number of allylic oxidation sites excluding steroid dienone is 3. The molecular weight excluding hydrogens is 478 g/mol. The quantitative estimate of drug-likeness (QED) is 0.172. The Morgan fingerprint density at radius 1 is 0.487 bits per heavy atom. The van der Waals surface area contributed by atoms with E-state index >= 15 is 0 Å². The van der Waals surface area contributed by atoms with Crippen molar-refractivity contribution in [3.63, 3.8) is 0 Å². The summed E-state index contributed by atoms with van der Waals surface area (Å²) in [6.07, 6.45) is 5.31. The molecule has 3 nitrogen and oxygen atoms in total. The summed E-state index contributed by atoms with van der Waals surface area (Å²) in [7, 11) is 0. The maximum atomic E-state index is 13.1. The second-order valence-corrected chi connectivity index (χ2v) is 9.32. The second-order valence-electron chi connectivity index (χ2n) is 9.32. The van der Waals surface area contributed by atoms with E-state index in [1.807, 2.05) is 97.1 Å². The molecule has 1 aliphatic rings. The number of Topliss-reactive ketones (excluding diaryl/α,β-unsaturated/α-hetero) is 2. The number of hydrogen-bond donors (Lipinski definition) is 0. The van der Waals surface area contributed by atoms with Crippen LogP contribution in [0.3, 0.4) is 0 Å². The van der Waals surface area contributed by atoms with Gasteiger partial charge in [0.15, 0.2) is 11.6 Å². The number of carbonyl (C=O) groups excluding carboxylic acids is 2. The summed E-state index contributed by atoms with van der Waals surface area (Å²) in [5.74, 6) is -0.454. The third-order valence-corrected chi connectivity index (χ3v) is 6.84. The minimum atomic E-state index is -0.228. The highest BCUT2D eigenvalue weighted by Gasteiger charge is 2.32. The molecule has 0 heterocycles. The highest BCUT2D eigenvalue weighted by Crippen LogP contribution is 2.34. The van der Waals surface area contributed by atoms with Crippen molar-refractivity contribution in [1.29, 1.82) is 0 Å². The Kier molecular flexibility index (Phi) is 6.55. The average molecular weight is 504 g/mol. The van der Waals surface area contributed by atoms with Gasteiger partial charge in [-0.1, -0.05) is 97.1 Å². The first-order valence-corrected chi connectivity index (χ1v) is 12.9. The SMILES string of the molecule is O=C1/C(=C\C=C\c2ccc(N(c3ccccc3)c3ccccc3)cc2)C(=O)c2cc(-c3ccccc3)ccc21. The monoisotopic (exact) mass is 503 g/mol. The molecule has 0 N–H and O–H groups in total. The smallest absolute Gasteiger partial charge is 0.197 e. The summed E-state index contributed by atoms with van der Waals surface area (Å²) in [6, 6.07) is 44.0. The van der Waals surface area contributed by atoms with Gasteiger partial charge in [-0.15, -0.1) is 0 Å². The normalized spacial score (nSPS) is 13.7. The van der Waals surface area contributed by atoms with Crippen molar-refractivity contribution in [2.24, 2.45) is 0 Å². The van der Waals surface area contributed by atoms with Crippen LogP contribution in [0, 0.1) is 0 Å². The van der Waals surface area contributed by atoms with Gasteiger partial charge in [-0.25, -0.2) is 0 Å². The van der Waals surface area contributed by atoms with Crippen LogP contribution in [0.15, 0.2) is 151 Å². The van der Waals surface area contributed by atoms with Crippen LogP contribution < -0.4 is 4.90 Å². The number of carbonyl (C=O) groups is 2. The molecular formula is C36H25NO2. The van der Waals surface area contributed by atoms with Gasteiger partial charge in [0.2, 0.25) is 0 Å². The van der Waals surface area contributed by atoms with Gasteiger partial charge in [0.05, 0.1) is 5.57 Å². The van der Waals surface area contributed by atoms with Gasteiger partial charge in [0.1, 0.15) is 0 Å². The molecule has 5 aromatic rings. The highest BCUT2D eigenvalue weighted by atomic mass is 16.2. The molecule has 0 unspecified atom stereocenters. The molecule has 0 spiro atoms. The Bertz CT molecular complexity index is 1660. The fraction of sp³-hybridized carbons (Fsp3) is 0. The number of anilines is 3. The van der Waals surface area contributed by atoms with Gasteiger partial charge in [0, 0.05) is 28.2 Å². The molecule has 5 aromatic carbocycles. The molecule has 6 rings (SSSR count). The number of para-hydroxylation sites is 2. The summed E-state index contributed by atoms with van der Waals surface area (Å²) in [5.41, 5.74) is 7.22. The molecule has 0 fully saturated rings. The lowest BCUT2D eigenvalue weighted by atomic mass is 10.0. The summed E-state index contributed by atoms with van der Waals surface area (Å²) in [5, 5.41) is 0. The minimum absolute atomic E-state index is 0.197. The van der Waals surface area contributed by atoms with Crippen LogP contribution in [0.5, 0.6) is 0 Å². The zero-order valence-electron chi connectivity index (χ0n) is 21.2. The molecule has 0 radical (unpaired) electrons. The predicted octanol–water partition coefficient (Wildman–Crippen LogP) is 8.84. The first-order valence-electron chi connectivity index (χ1n) is 12.9. The molecule has 0 saturated carbocycles. The van der Waals surface area contributed by atoms with Crippen LogP contribution in [-0.4, -0.2) is 11.6 Å². The molecule has 0 bridgehead atoms. The largest absolute Gasteiger partial charge is 0.311 e. The fourth-order valence-corrected chi connectivity index (χ4v) is 4.88. The number of benzene rings is 5. The summed E-state index contributed by atoms with van der Waals surface area (Å²) >= 11 is 0. The lowest BCUT2D eigenvalue weighted by Crippen LogP contribution is -2.09. The van der Waals surface area contributed by atoms with E-state index < -0.39 is 0 Å². The van der Waals surface area contributed by atoms with Crippen LogP contribution in [0.2, 0.25) is 0 Å². The standard InChI is InChI=1S/C36H25NO2/c38-35-32-24-21-28(27-12-4-1-5-13-27)25-34(32)36(39)33(35)18-10-11-26-19-22-31(23-20-26)37(29-14-6-2-7-15-29)30-16-8-3-9-17-30/h1-25H/b11-10+,33-18+. The van der Waals surface area contributed by atoms with Crippen LogP contribution >= 0.6 is 0 Å². The number of hydrogen-bond acceptors (Lipinski definition) is 3. The van der Waals surface area contributed by atoms with Crippen molar-refractivity contribution in [2.75, 3.05) is 4.90 Å². The van der Waals surface area contributed by atoms with E-state index in [1.165, 1.54) is 0 Å². The molecule has 0 saturated heterocycles. The van der Waals surface area contributed by atoms with Crippen LogP contribution in [0.1, 0.15) is 26.3 Å². The van der Waals surface area contributed by atoms with Gasteiger partial charge in [-0.05, 0) is 71.3 Å². The average Bonchev–Trinajstić information content (AvgIpc) is 3.24. The molecule has 0 aromatic heterocycles. The molecule has 39 heavy (non-hydrogen) atoms. The molecule has 186 valence electrons. The number of ketones is 2. The van der Waals surface area contributed by atoms with E-state index in [9.17, 15) is 9.59 Å². The number of rotatable bonds is 6. The van der Waals surface area contributed by atoms with Crippen molar-refractivity contribution in [2.45, 2.75) is 0 Å². The molecule has 3 heteroatoms. The Balaban J connectivity index is 1.23. The Morgan fingerprint density at radius 3 is 1.64 bits per heavy atom. The van der Waals surface area contributed by atoms with Crippen LogP contribution in [-0.2, 0) is 0 Å². The highest BCUT2D eigenvalue weighted by molar-refractivity contribution is 6.39. The molecule has 0 amide bonds.